The first-order chi connectivity index (χ1) is 9.06. The van der Waals surface area contributed by atoms with Gasteiger partial charge in [-0.25, -0.2) is 4.39 Å². The molecule has 0 unspecified atom stereocenters. The zero-order chi connectivity index (χ0) is 13.8. The van der Waals surface area contributed by atoms with E-state index in [0.29, 0.717) is 10.6 Å². The Hall–Kier alpha value is -1.58. The molecular formula is C14H9Cl2FO2. The van der Waals surface area contributed by atoms with Gasteiger partial charge in [0, 0.05) is 10.6 Å². The standard InChI is InChI=1S/C14H9Cl2FO2/c15-10-3-1-2-9(6-10)13(18)8-19-14-5-4-11(17)7-12(14)16/h1-7H,8H2. The first-order valence-electron chi connectivity index (χ1n) is 5.43. The van der Waals surface area contributed by atoms with Crippen LogP contribution in [0.5, 0.6) is 5.75 Å². The molecule has 0 radical (unpaired) electrons. The Morgan fingerprint density at radius 2 is 1.95 bits per heavy atom. The van der Waals surface area contributed by atoms with E-state index in [4.69, 9.17) is 27.9 Å². The van der Waals surface area contributed by atoms with Crippen LogP contribution in [0.15, 0.2) is 42.5 Å². The highest BCUT2D eigenvalue weighted by Gasteiger charge is 2.09. The van der Waals surface area contributed by atoms with Crippen molar-refractivity contribution in [2.45, 2.75) is 0 Å². The second-order valence-electron chi connectivity index (χ2n) is 3.80. The highest BCUT2D eigenvalue weighted by atomic mass is 35.5. The van der Waals surface area contributed by atoms with Crippen molar-refractivity contribution in [3.63, 3.8) is 0 Å². The molecule has 2 aromatic rings. The smallest absolute Gasteiger partial charge is 0.200 e. The Bertz CT molecular complexity index is 614. The zero-order valence-corrected chi connectivity index (χ0v) is 11.2. The van der Waals surface area contributed by atoms with E-state index in [1.165, 1.54) is 12.1 Å². The lowest BCUT2D eigenvalue weighted by atomic mass is 10.1. The lowest BCUT2D eigenvalue weighted by Crippen LogP contribution is -2.11. The van der Waals surface area contributed by atoms with Crippen LogP contribution in [0, 0.1) is 5.82 Å². The van der Waals surface area contributed by atoms with Gasteiger partial charge in [0.25, 0.3) is 0 Å². The van der Waals surface area contributed by atoms with Crippen molar-refractivity contribution < 1.29 is 13.9 Å². The molecule has 0 atom stereocenters. The number of hydrogen-bond acceptors (Lipinski definition) is 2. The molecule has 19 heavy (non-hydrogen) atoms. The number of ether oxygens (including phenoxy) is 1. The van der Waals surface area contributed by atoms with Gasteiger partial charge < -0.3 is 4.74 Å². The third-order valence-corrected chi connectivity index (χ3v) is 2.93. The second-order valence-corrected chi connectivity index (χ2v) is 4.64. The molecule has 0 spiro atoms. The van der Waals surface area contributed by atoms with Gasteiger partial charge in [0.05, 0.1) is 5.02 Å². The van der Waals surface area contributed by atoms with E-state index in [1.54, 1.807) is 24.3 Å². The molecule has 2 rings (SSSR count). The van der Waals surface area contributed by atoms with Crippen LogP contribution in [-0.2, 0) is 0 Å². The minimum atomic E-state index is -0.460. The van der Waals surface area contributed by atoms with Crippen LogP contribution in [0.3, 0.4) is 0 Å². The normalized spacial score (nSPS) is 10.3. The first kappa shape index (κ1) is 13.8. The molecule has 0 aliphatic carbocycles. The van der Waals surface area contributed by atoms with Crippen LogP contribution < -0.4 is 4.74 Å². The van der Waals surface area contributed by atoms with E-state index in [0.717, 1.165) is 6.07 Å². The number of hydrogen-bond donors (Lipinski definition) is 0. The van der Waals surface area contributed by atoms with Crippen LogP contribution in [0.4, 0.5) is 4.39 Å². The summed E-state index contributed by atoms with van der Waals surface area (Å²) in [6.45, 7) is -0.189. The third kappa shape index (κ3) is 3.69. The molecule has 0 heterocycles. The van der Waals surface area contributed by atoms with Gasteiger partial charge in [-0.1, -0.05) is 35.3 Å². The zero-order valence-electron chi connectivity index (χ0n) is 9.70. The number of halogens is 3. The van der Waals surface area contributed by atoms with Crippen molar-refractivity contribution in [2.24, 2.45) is 0 Å². The first-order valence-corrected chi connectivity index (χ1v) is 6.18. The summed E-state index contributed by atoms with van der Waals surface area (Å²) >= 11 is 11.6. The molecule has 98 valence electrons. The van der Waals surface area contributed by atoms with E-state index in [2.05, 4.69) is 0 Å². The van der Waals surface area contributed by atoms with E-state index < -0.39 is 5.82 Å². The summed E-state index contributed by atoms with van der Waals surface area (Å²) < 4.78 is 18.1. The van der Waals surface area contributed by atoms with Gasteiger partial charge in [-0.3, -0.25) is 4.79 Å². The maximum Gasteiger partial charge on any atom is 0.200 e. The van der Waals surface area contributed by atoms with Crippen molar-refractivity contribution >= 4 is 29.0 Å². The summed E-state index contributed by atoms with van der Waals surface area (Å²) in [6.07, 6.45) is 0. The lowest BCUT2D eigenvalue weighted by Gasteiger charge is -2.07. The number of benzene rings is 2. The molecule has 2 aromatic carbocycles. The van der Waals surface area contributed by atoms with E-state index in [1.807, 2.05) is 0 Å². The summed E-state index contributed by atoms with van der Waals surface area (Å²) in [4.78, 5) is 11.8. The Kier molecular flexibility index (Phi) is 4.40. The molecule has 0 saturated heterocycles. The van der Waals surface area contributed by atoms with Crippen LogP contribution >= 0.6 is 23.2 Å². The molecule has 0 aromatic heterocycles. The monoisotopic (exact) mass is 298 g/mol. The largest absolute Gasteiger partial charge is 0.484 e. The molecule has 2 nitrogen and oxygen atoms in total. The molecule has 0 bridgehead atoms. The van der Waals surface area contributed by atoms with Crippen LogP contribution in [0.1, 0.15) is 10.4 Å². The third-order valence-electron chi connectivity index (χ3n) is 2.40. The fourth-order valence-corrected chi connectivity index (χ4v) is 1.89. The van der Waals surface area contributed by atoms with Crippen molar-refractivity contribution in [1.29, 1.82) is 0 Å². The predicted octanol–water partition coefficient (Wildman–Crippen LogP) is 4.39. The van der Waals surface area contributed by atoms with Gasteiger partial charge in [0.2, 0.25) is 0 Å². The molecule has 0 aliphatic rings. The summed E-state index contributed by atoms with van der Waals surface area (Å²) in [7, 11) is 0. The highest BCUT2D eigenvalue weighted by molar-refractivity contribution is 6.32. The van der Waals surface area contributed by atoms with Gasteiger partial charge in [0.15, 0.2) is 12.4 Å². The van der Waals surface area contributed by atoms with Crippen molar-refractivity contribution in [3.05, 3.63) is 63.9 Å². The number of carbonyl (C=O) groups excluding carboxylic acids is 1. The Morgan fingerprint density at radius 3 is 2.63 bits per heavy atom. The summed E-state index contributed by atoms with van der Waals surface area (Å²) in [5.74, 6) is -0.431. The van der Waals surface area contributed by atoms with Crippen LogP contribution in [-0.4, -0.2) is 12.4 Å². The minimum Gasteiger partial charge on any atom is -0.484 e. The molecule has 0 saturated carbocycles. The molecule has 0 fully saturated rings. The number of rotatable bonds is 4. The average Bonchev–Trinajstić information content (AvgIpc) is 2.37. The molecule has 0 aliphatic heterocycles. The maximum absolute atomic E-state index is 12.8. The average molecular weight is 299 g/mol. The van der Waals surface area contributed by atoms with Gasteiger partial charge in [-0.15, -0.1) is 0 Å². The van der Waals surface area contributed by atoms with Gasteiger partial charge in [-0.05, 0) is 30.3 Å². The molecular weight excluding hydrogens is 290 g/mol. The van der Waals surface area contributed by atoms with Gasteiger partial charge in [-0.2, -0.15) is 0 Å². The predicted molar refractivity (Wildman–Crippen MR) is 72.7 cm³/mol. The summed E-state index contributed by atoms with van der Waals surface area (Å²) in [6, 6.07) is 10.3. The molecule has 5 heteroatoms. The fourth-order valence-electron chi connectivity index (χ4n) is 1.48. The van der Waals surface area contributed by atoms with Crippen LogP contribution in [0.2, 0.25) is 10.0 Å². The topological polar surface area (TPSA) is 26.3 Å². The van der Waals surface area contributed by atoms with Gasteiger partial charge in [0.1, 0.15) is 11.6 Å². The summed E-state index contributed by atoms with van der Waals surface area (Å²) in [5, 5.41) is 0.601. The quantitative estimate of drug-likeness (QED) is 0.782. The second kappa shape index (κ2) is 6.04. The maximum atomic E-state index is 12.8. The fraction of sp³-hybridized carbons (Fsp3) is 0.0714. The van der Waals surface area contributed by atoms with E-state index >= 15 is 0 Å². The summed E-state index contributed by atoms with van der Waals surface area (Å²) in [5.41, 5.74) is 0.450. The van der Waals surface area contributed by atoms with E-state index in [-0.39, 0.29) is 23.2 Å². The Balaban J connectivity index is 2.04. The van der Waals surface area contributed by atoms with E-state index in [9.17, 15) is 9.18 Å². The van der Waals surface area contributed by atoms with Crippen molar-refractivity contribution in [1.82, 2.24) is 0 Å². The van der Waals surface area contributed by atoms with Gasteiger partial charge >= 0.3 is 0 Å². The molecule has 0 amide bonds. The number of carbonyl (C=O) groups is 1. The van der Waals surface area contributed by atoms with Crippen LogP contribution in [0.25, 0.3) is 0 Å². The highest BCUT2D eigenvalue weighted by Crippen LogP contribution is 2.25. The Labute approximate surface area is 119 Å². The van der Waals surface area contributed by atoms with Crippen molar-refractivity contribution in [2.75, 3.05) is 6.61 Å². The Morgan fingerprint density at radius 1 is 1.16 bits per heavy atom. The minimum absolute atomic E-state index is 0.124. The lowest BCUT2D eigenvalue weighted by molar-refractivity contribution is 0.0921. The number of ketones is 1. The SMILES string of the molecule is O=C(COc1ccc(F)cc1Cl)c1cccc(Cl)c1. The van der Waals surface area contributed by atoms with Crippen molar-refractivity contribution in [3.8, 4) is 5.75 Å². The number of Topliss-reactive ketones (excluding diaryl/α,β-unsaturated/α-hetero) is 1. The molecule has 0 N–H and O–H groups in total.